The Morgan fingerprint density at radius 1 is 1.35 bits per heavy atom. The lowest BCUT2D eigenvalue weighted by atomic mass is 10.3. The molecule has 0 aliphatic heterocycles. The van der Waals surface area contributed by atoms with Crippen molar-refractivity contribution in [2.24, 2.45) is 0 Å². The summed E-state index contributed by atoms with van der Waals surface area (Å²) >= 11 is 22.4. The number of halogens is 4. The number of amides is 1. The van der Waals surface area contributed by atoms with Gasteiger partial charge in [-0.2, -0.15) is 0 Å². The highest BCUT2D eigenvalue weighted by atomic mass is 79.9. The van der Waals surface area contributed by atoms with Gasteiger partial charge in [-0.3, -0.25) is 4.79 Å². The van der Waals surface area contributed by atoms with Crippen LogP contribution in [0, 0.1) is 0 Å². The number of anilines is 1. The molecule has 1 N–H and O–H groups in total. The van der Waals surface area contributed by atoms with E-state index in [9.17, 15) is 4.79 Å². The van der Waals surface area contributed by atoms with Crippen molar-refractivity contribution in [3.8, 4) is 0 Å². The summed E-state index contributed by atoms with van der Waals surface area (Å²) in [6, 6.07) is 3.40. The van der Waals surface area contributed by atoms with E-state index < -0.39 is 0 Å². The zero-order valence-electron chi connectivity index (χ0n) is 9.92. The van der Waals surface area contributed by atoms with Crippen LogP contribution in [0.5, 0.6) is 0 Å². The van der Waals surface area contributed by atoms with Gasteiger partial charge in [-0.25, -0.2) is 4.98 Å². The summed E-state index contributed by atoms with van der Waals surface area (Å²) in [5, 5.41) is 5.91. The fourth-order valence-corrected chi connectivity index (χ4v) is 3.29. The van der Waals surface area contributed by atoms with Crippen molar-refractivity contribution in [2.75, 3.05) is 5.32 Å². The van der Waals surface area contributed by atoms with Gasteiger partial charge in [-0.15, -0.1) is 22.9 Å². The maximum Gasteiger partial charge on any atom is 0.231 e. The van der Waals surface area contributed by atoms with Gasteiger partial charge in [0.05, 0.1) is 33.7 Å². The number of carbonyl (C=O) groups is 1. The van der Waals surface area contributed by atoms with Crippen molar-refractivity contribution >= 4 is 73.7 Å². The van der Waals surface area contributed by atoms with E-state index in [1.54, 1.807) is 12.1 Å². The highest BCUT2D eigenvalue weighted by molar-refractivity contribution is 9.10. The van der Waals surface area contributed by atoms with E-state index in [0.29, 0.717) is 31.1 Å². The molecule has 0 unspecified atom stereocenters. The summed E-state index contributed by atoms with van der Waals surface area (Å²) in [6.07, 6.45) is 0.172. The lowest BCUT2D eigenvalue weighted by Crippen LogP contribution is -2.14. The van der Waals surface area contributed by atoms with Gasteiger partial charge in [0.25, 0.3) is 0 Å². The first-order chi connectivity index (χ1) is 9.51. The molecule has 1 aromatic heterocycles. The van der Waals surface area contributed by atoms with Crippen LogP contribution in [0.3, 0.4) is 0 Å². The number of thiazole rings is 1. The second-order valence-electron chi connectivity index (χ2n) is 3.81. The lowest BCUT2D eigenvalue weighted by molar-refractivity contribution is -0.115. The molecule has 0 aliphatic rings. The van der Waals surface area contributed by atoms with Crippen molar-refractivity contribution in [2.45, 2.75) is 12.3 Å². The summed E-state index contributed by atoms with van der Waals surface area (Å²) in [7, 11) is 0. The number of carbonyl (C=O) groups excluding carboxylic acids is 1. The zero-order valence-corrected chi connectivity index (χ0v) is 14.6. The molecular weight excluding hydrogens is 406 g/mol. The average molecular weight is 415 g/mol. The van der Waals surface area contributed by atoms with Gasteiger partial charge in [0.2, 0.25) is 5.91 Å². The lowest BCUT2D eigenvalue weighted by Gasteiger charge is -2.08. The van der Waals surface area contributed by atoms with Crippen molar-refractivity contribution < 1.29 is 4.79 Å². The highest BCUT2D eigenvalue weighted by Crippen LogP contribution is 2.35. The van der Waals surface area contributed by atoms with Crippen LogP contribution in [0.2, 0.25) is 10.0 Å². The molecule has 0 fully saturated rings. The smallest absolute Gasteiger partial charge is 0.231 e. The molecule has 20 heavy (non-hydrogen) atoms. The quantitative estimate of drug-likeness (QED) is 0.556. The Morgan fingerprint density at radius 2 is 2.10 bits per heavy atom. The van der Waals surface area contributed by atoms with Crippen LogP contribution in [-0.2, 0) is 17.1 Å². The van der Waals surface area contributed by atoms with Crippen molar-refractivity contribution in [3.05, 3.63) is 42.7 Å². The molecule has 0 spiro atoms. The Labute approximate surface area is 143 Å². The van der Waals surface area contributed by atoms with Crippen LogP contribution < -0.4 is 5.32 Å². The number of alkyl halides is 1. The van der Waals surface area contributed by atoms with Gasteiger partial charge in [-0.1, -0.05) is 23.2 Å². The summed E-state index contributed by atoms with van der Waals surface area (Å²) < 4.78 is 0.675. The van der Waals surface area contributed by atoms with Crippen molar-refractivity contribution in [1.29, 1.82) is 0 Å². The molecule has 1 heterocycles. The molecule has 106 valence electrons. The van der Waals surface area contributed by atoms with E-state index in [4.69, 9.17) is 34.8 Å². The standard InChI is InChI=1S/C12H8BrCl3N2OS/c13-7-1-2-8(12(16)11(7)15)18-9(19)3-10-17-6(4-14)5-20-10/h1-2,5H,3-4H2,(H,18,19). The Morgan fingerprint density at radius 3 is 2.75 bits per heavy atom. The second kappa shape index (κ2) is 7.09. The molecule has 0 saturated carbocycles. The number of nitrogens with one attached hydrogen (secondary N) is 1. The summed E-state index contributed by atoms with van der Waals surface area (Å²) in [6.45, 7) is 0. The number of nitrogens with zero attached hydrogens (tertiary/aromatic N) is 1. The molecule has 0 atom stereocenters. The van der Waals surface area contributed by atoms with Gasteiger partial charge >= 0.3 is 0 Å². The molecule has 0 bridgehead atoms. The monoisotopic (exact) mass is 412 g/mol. The third kappa shape index (κ3) is 3.86. The van der Waals surface area contributed by atoms with Crippen LogP contribution in [0.4, 0.5) is 5.69 Å². The molecule has 1 aromatic carbocycles. The zero-order chi connectivity index (χ0) is 14.7. The first kappa shape index (κ1) is 16.0. The van der Waals surface area contributed by atoms with Crippen molar-refractivity contribution in [3.63, 3.8) is 0 Å². The highest BCUT2D eigenvalue weighted by Gasteiger charge is 2.13. The Kier molecular flexibility index (Phi) is 5.69. The number of aromatic nitrogens is 1. The number of hydrogen-bond donors (Lipinski definition) is 1. The molecule has 1 amide bonds. The van der Waals surface area contributed by atoms with Gasteiger partial charge in [0, 0.05) is 9.85 Å². The maximum atomic E-state index is 11.9. The maximum absolute atomic E-state index is 11.9. The fourth-order valence-electron chi connectivity index (χ4n) is 1.45. The predicted molar refractivity (Wildman–Crippen MR) is 88.2 cm³/mol. The van der Waals surface area contributed by atoms with E-state index in [1.807, 2.05) is 5.38 Å². The van der Waals surface area contributed by atoms with Gasteiger partial charge in [0.1, 0.15) is 5.01 Å². The molecule has 8 heteroatoms. The number of hydrogen-bond acceptors (Lipinski definition) is 3. The molecular formula is C12H8BrCl3N2OS. The third-order valence-electron chi connectivity index (χ3n) is 2.36. The van der Waals surface area contributed by atoms with Crippen LogP contribution >= 0.6 is 62.1 Å². The minimum absolute atomic E-state index is 0.172. The second-order valence-corrected chi connectivity index (χ2v) is 6.63. The Bertz CT molecular complexity index is 648. The summed E-state index contributed by atoms with van der Waals surface area (Å²) in [5.41, 5.74) is 1.24. The summed E-state index contributed by atoms with van der Waals surface area (Å²) in [4.78, 5) is 16.2. The van der Waals surface area contributed by atoms with E-state index in [0.717, 1.165) is 5.69 Å². The number of rotatable bonds is 4. The molecule has 0 radical (unpaired) electrons. The van der Waals surface area contributed by atoms with Gasteiger partial charge in [0.15, 0.2) is 0 Å². The first-order valence-corrected chi connectivity index (χ1v) is 8.40. The summed E-state index contributed by atoms with van der Waals surface area (Å²) in [5.74, 6) is 0.132. The van der Waals surface area contributed by atoms with Crippen LogP contribution in [0.15, 0.2) is 22.0 Å². The van der Waals surface area contributed by atoms with E-state index in [2.05, 4.69) is 26.2 Å². The SMILES string of the molecule is O=C(Cc1nc(CCl)cs1)Nc1ccc(Br)c(Cl)c1Cl. The van der Waals surface area contributed by atoms with E-state index in [-0.39, 0.29) is 12.3 Å². The molecule has 0 aliphatic carbocycles. The van der Waals surface area contributed by atoms with Gasteiger partial charge in [-0.05, 0) is 28.1 Å². The first-order valence-electron chi connectivity index (χ1n) is 5.44. The van der Waals surface area contributed by atoms with Crippen LogP contribution in [-0.4, -0.2) is 10.9 Å². The average Bonchev–Trinajstić information content (AvgIpc) is 2.87. The van der Waals surface area contributed by atoms with Gasteiger partial charge < -0.3 is 5.32 Å². The fraction of sp³-hybridized carbons (Fsp3) is 0.167. The topological polar surface area (TPSA) is 42.0 Å². The van der Waals surface area contributed by atoms with E-state index >= 15 is 0 Å². The Balaban J connectivity index is 2.06. The number of benzene rings is 1. The molecule has 2 aromatic rings. The van der Waals surface area contributed by atoms with E-state index in [1.165, 1.54) is 11.3 Å². The third-order valence-corrected chi connectivity index (χ3v) is 5.30. The largest absolute Gasteiger partial charge is 0.324 e. The van der Waals surface area contributed by atoms with Crippen LogP contribution in [0.1, 0.15) is 10.7 Å². The van der Waals surface area contributed by atoms with Crippen molar-refractivity contribution in [1.82, 2.24) is 4.98 Å². The molecule has 3 nitrogen and oxygen atoms in total. The van der Waals surface area contributed by atoms with Crippen LogP contribution in [0.25, 0.3) is 0 Å². The molecule has 2 rings (SSSR count). The minimum Gasteiger partial charge on any atom is -0.324 e. The normalized spacial score (nSPS) is 10.6. The minimum atomic E-state index is -0.208. The Hall–Kier alpha value is -0.330. The molecule has 0 saturated heterocycles. The predicted octanol–water partition coefficient (Wildman–Crippen LogP) is 5.13.